The summed E-state index contributed by atoms with van der Waals surface area (Å²) in [6.07, 6.45) is 4.36. The summed E-state index contributed by atoms with van der Waals surface area (Å²) < 4.78 is 5.49. The van der Waals surface area contributed by atoms with E-state index < -0.39 is 0 Å². The van der Waals surface area contributed by atoms with Crippen molar-refractivity contribution in [1.29, 1.82) is 0 Å². The highest BCUT2D eigenvalue weighted by Crippen LogP contribution is 2.26. The highest BCUT2D eigenvalue weighted by Gasteiger charge is 2.15. The van der Waals surface area contributed by atoms with E-state index in [0.717, 1.165) is 11.3 Å². The van der Waals surface area contributed by atoms with Gasteiger partial charge in [-0.15, -0.1) is 0 Å². The zero-order valence-electron chi connectivity index (χ0n) is 11.8. The molecule has 3 rings (SSSR count). The van der Waals surface area contributed by atoms with Crippen molar-refractivity contribution < 1.29 is 14.3 Å². The molecule has 0 bridgehead atoms. The maximum atomic E-state index is 11.8. The molecule has 0 radical (unpaired) electrons. The van der Waals surface area contributed by atoms with Gasteiger partial charge in [0.15, 0.2) is 6.61 Å². The third-order valence-corrected chi connectivity index (χ3v) is 3.31. The van der Waals surface area contributed by atoms with Crippen LogP contribution in [0.25, 0.3) is 0 Å². The number of carbonyl (C=O) groups excluding carboxylic acids is 2. The minimum atomic E-state index is -0.239. The van der Waals surface area contributed by atoms with Gasteiger partial charge in [-0.3, -0.25) is 14.6 Å². The summed E-state index contributed by atoms with van der Waals surface area (Å²) in [5.41, 5.74) is 2.51. The standard InChI is InChI=1S/C16H15N3O3/c20-15-4-1-11-9-13(2-3-14(11)19-15)22-10-16(21)18-12-5-7-17-8-6-12/h2-3,5-9H,1,4,10H2,(H,19,20)(H,17,18,21). The normalized spacial score (nSPS) is 13.0. The van der Waals surface area contributed by atoms with Crippen molar-refractivity contribution in [3.63, 3.8) is 0 Å². The lowest BCUT2D eigenvalue weighted by Crippen LogP contribution is -2.21. The van der Waals surface area contributed by atoms with Crippen LogP contribution < -0.4 is 15.4 Å². The summed E-state index contributed by atoms with van der Waals surface area (Å²) in [7, 11) is 0. The third-order valence-electron chi connectivity index (χ3n) is 3.31. The topological polar surface area (TPSA) is 80.3 Å². The predicted octanol–water partition coefficient (Wildman–Crippen LogP) is 1.98. The third kappa shape index (κ3) is 3.41. The van der Waals surface area contributed by atoms with Crippen LogP contribution in [0, 0.1) is 0 Å². The molecular weight excluding hydrogens is 282 g/mol. The number of fused-ring (bicyclic) bond motifs is 1. The molecule has 0 saturated carbocycles. The van der Waals surface area contributed by atoms with Gasteiger partial charge in [0.25, 0.3) is 5.91 Å². The Morgan fingerprint density at radius 1 is 1.23 bits per heavy atom. The molecule has 6 heteroatoms. The van der Waals surface area contributed by atoms with Crippen LogP contribution in [0.3, 0.4) is 0 Å². The number of carbonyl (C=O) groups is 2. The molecule has 0 fully saturated rings. The highest BCUT2D eigenvalue weighted by atomic mass is 16.5. The molecule has 1 aromatic carbocycles. The number of hydrogen-bond acceptors (Lipinski definition) is 4. The van der Waals surface area contributed by atoms with E-state index >= 15 is 0 Å². The molecular formula is C16H15N3O3. The molecule has 0 saturated heterocycles. The number of pyridine rings is 1. The molecule has 0 atom stereocenters. The average molecular weight is 297 g/mol. The molecule has 2 heterocycles. The molecule has 2 amide bonds. The van der Waals surface area contributed by atoms with Crippen molar-refractivity contribution in [2.24, 2.45) is 0 Å². The van der Waals surface area contributed by atoms with Crippen molar-refractivity contribution in [2.45, 2.75) is 12.8 Å². The first-order valence-electron chi connectivity index (χ1n) is 6.96. The van der Waals surface area contributed by atoms with Gasteiger partial charge in [-0.25, -0.2) is 0 Å². The number of nitrogens with zero attached hydrogens (tertiary/aromatic N) is 1. The number of rotatable bonds is 4. The van der Waals surface area contributed by atoms with Gasteiger partial charge in [-0.2, -0.15) is 0 Å². The second kappa shape index (κ2) is 6.26. The van der Waals surface area contributed by atoms with Crippen molar-refractivity contribution in [3.8, 4) is 5.75 Å². The van der Waals surface area contributed by atoms with Crippen molar-refractivity contribution in [2.75, 3.05) is 17.2 Å². The van der Waals surface area contributed by atoms with E-state index in [-0.39, 0.29) is 18.4 Å². The zero-order chi connectivity index (χ0) is 15.4. The smallest absolute Gasteiger partial charge is 0.262 e. The number of nitrogens with one attached hydrogen (secondary N) is 2. The molecule has 2 aromatic rings. The maximum Gasteiger partial charge on any atom is 0.262 e. The Morgan fingerprint density at radius 3 is 2.86 bits per heavy atom. The second-order valence-electron chi connectivity index (χ2n) is 4.94. The lowest BCUT2D eigenvalue weighted by molar-refractivity contribution is -0.118. The number of ether oxygens (including phenoxy) is 1. The van der Waals surface area contributed by atoms with Crippen LogP contribution in [0.5, 0.6) is 5.75 Å². The van der Waals surface area contributed by atoms with E-state index in [0.29, 0.717) is 24.3 Å². The molecule has 22 heavy (non-hydrogen) atoms. The van der Waals surface area contributed by atoms with E-state index in [1.54, 1.807) is 36.7 Å². The first-order chi connectivity index (χ1) is 10.7. The number of amides is 2. The molecule has 0 unspecified atom stereocenters. The van der Waals surface area contributed by atoms with Crippen LogP contribution in [-0.2, 0) is 16.0 Å². The Balaban J connectivity index is 1.57. The minimum absolute atomic E-state index is 0.0258. The molecule has 112 valence electrons. The van der Waals surface area contributed by atoms with Crippen molar-refractivity contribution in [3.05, 3.63) is 48.3 Å². The SMILES string of the molecule is O=C(COc1ccc2c(c1)CCC(=O)N2)Nc1ccncc1. The Morgan fingerprint density at radius 2 is 2.05 bits per heavy atom. The van der Waals surface area contributed by atoms with Crippen LogP contribution in [0.15, 0.2) is 42.7 Å². The molecule has 0 spiro atoms. The number of hydrogen-bond donors (Lipinski definition) is 2. The molecule has 1 aromatic heterocycles. The van der Waals surface area contributed by atoms with Crippen molar-refractivity contribution >= 4 is 23.2 Å². The van der Waals surface area contributed by atoms with Crippen LogP contribution in [0.1, 0.15) is 12.0 Å². The largest absolute Gasteiger partial charge is 0.484 e. The molecule has 2 N–H and O–H groups in total. The zero-order valence-corrected chi connectivity index (χ0v) is 11.8. The summed E-state index contributed by atoms with van der Waals surface area (Å²) in [6, 6.07) is 8.81. The van der Waals surface area contributed by atoms with Crippen LogP contribution >= 0.6 is 0 Å². The number of anilines is 2. The minimum Gasteiger partial charge on any atom is -0.484 e. The van der Waals surface area contributed by atoms with Gasteiger partial charge in [0.2, 0.25) is 5.91 Å². The Bertz CT molecular complexity index is 701. The number of aryl methyl sites for hydroxylation is 1. The van der Waals surface area contributed by atoms with E-state index in [9.17, 15) is 9.59 Å². The van der Waals surface area contributed by atoms with Gasteiger partial charge >= 0.3 is 0 Å². The summed E-state index contributed by atoms with van der Waals surface area (Å²) in [5.74, 6) is 0.398. The monoisotopic (exact) mass is 297 g/mol. The van der Waals surface area contributed by atoms with Crippen LogP contribution in [0.2, 0.25) is 0 Å². The lowest BCUT2D eigenvalue weighted by atomic mass is 10.0. The summed E-state index contributed by atoms with van der Waals surface area (Å²) in [4.78, 5) is 27.0. The Kier molecular flexibility index (Phi) is 4.00. The van der Waals surface area contributed by atoms with Crippen molar-refractivity contribution in [1.82, 2.24) is 4.98 Å². The van der Waals surface area contributed by atoms with Gasteiger partial charge in [-0.05, 0) is 42.3 Å². The summed E-state index contributed by atoms with van der Waals surface area (Å²) in [5, 5.41) is 5.52. The Labute approximate surface area is 127 Å². The highest BCUT2D eigenvalue weighted by molar-refractivity contribution is 5.94. The first-order valence-corrected chi connectivity index (χ1v) is 6.96. The molecule has 1 aliphatic rings. The van der Waals surface area contributed by atoms with Gasteiger partial charge in [0.05, 0.1) is 0 Å². The summed E-state index contributed by atoms with van der Waals surface area (Å²) >= 11 is 0. The summed E-state index contributed by atoms with van der Waals surface area (Å²) in [6.45, 7) is -0.0759. The molecule has 1 aliphatic heterocycles. The fourth-order valence-electron chi connectivity index (χ4n) is 2.23. The van der Waals surface area contributed by atoms with Gasteiger partial charge in [-0.1, -0.05) is 0 Å². The quantitative estimate of drug-likeness (QED) is 0.904. The second-order valence-corrected chi connectivity index (χ2v) is 4.94. The van der Waals surface area contributed by atoms with Crippen LogP contribution in [-0.4, -0.2) is 23.4 Å². The average Bonchev–Trinajstić information content (AvgIpc) is 2.54. The van der Waals surface area contributed by atoms with Gasteiger partial charge in [0, 0.05) is 30.2 Å². The fraction of sp³-hybridized carbons (Fsp3) is 0.188. The first kappa shape index (κ1) is 14.1. The van der Waals surface area contributed by atoms with Gasteiger partial charge < -0.3 is 15.4 Å². The van der Waals surface area contributed by atoms with Crippen LogP contribution in [0.4, 0.5) is 11.4 Å². The Hall–Kier alpha value is -2.89. The van der Waals surface area contributed by atoms with E-state index in [2.05, 4.69) is 15.6 Å². The number of benzene rings is 1. The fourth-order valence-corrected chi connectivity index (χ4v) is 2.23. The number of aromatic nitrogens is 1. The van der Waals surface area contributed by atoms with Gasteiger partial charge in [0.1, 0.15) is 5.75 Å². The van der Waals surface area contributed by atoms with E-state index in [4.69, 9.17) is 4.74 Å². The molecule has 0 aliphatic carbocycles. The van der Waals surface area contributed by atoms with E-state index in [1.165, 1.54) is 0 Å². The maximum absolute atomic E-state index is 11.8. The molecule has 6 nitrogen and oxygen atoms in total. The van der Waals surface area contributed by atoms with E-state index in [1.807, 2.05) is 6.07 Å². The lowest BCUT2D eigenvalue weighted by Gasteiger charge is -2.17. The predicted molar refractivity (Wildman–Crippen MR) is 81.8 cm³/mol.